The molecule has 1 heterocycles. The third-order valence-electron chi connectivity index (χ3n) is 8.44. The van der Waals surface area contributed by atoms with E-state index in [1.165, 1.54) is 0 Å². The zero-order valence-electron chi connectivity index (χ0n) is 27.8. The number of thioether (sulfide) groups is 1. The SMILES string of the molecule is Nc1ccccc1NC(=O)CCCCCC(=O)NCc1ccc([C@H]2O[C@@H](CSc3ccc(C(=O)O)cc3)C[C@@H](c3ccc(CO)cc3)O2)cc1. The van der Waals surface area contributed by atoms with Gasteiger partial charge in [0, 0.05) is 42.0 Å². The summed E-state index contributed by atoms with van der Waals surface area (Å²) in [5, 5.41) is 24.5. The Balaban J connectivity index is 1.09. The maximum Gasteiger partial charge on any atom is 0.335 e. The Kier molecular flexibility index (Phi) is 13.4. The first kappa shape index (κ1) is 36.6. The summed E-state index contributed by atoms with van der Waals surface area (Å²) in [5.41, 5.74) is 10.9. The molecular weight excluding hydrogens is 655 g/mol. The zero-order chi connectivity index (χ0) is 35.3. The number of aromatic carboxylic acids is 1. The number of ether oxygens (including phenoxy) is 2. The number of para-hydroxylation sites is 2. The van der Waals surface area contributed by atoms with E-state index in [9.17, 15) is 24.6 Å². The van der Waals surface area contributed by atoms with Gasteiger partial charge in [0.15, 0.2) is 6.29 Å². The lowest BCUT2D eigenvalue weighted by Crippen LogP contribution is -2.31. The third kappa shape index (κ3) is 10.9. The van der Waals surface area contributed by atoms with Crippen LogP contribution in [0.2, 0.25) is 0 Å². The van der Waals surface area contributed by atoms with Crippen LogP contribution >= 0.6 is 11.8 Å². The molecule has 11 heteroatoms. The molecular formula is C39H43N3O7S. The van der Waals surface area contributed by atoms with E-state index in [1.54, 1.807) is 48.2 Å². The van der Waals surface area contributed by atoms with Gasteiger partial charge in [-0.3, -0.25) is 9.59 Å². The van der Waals surface area contributed by atoms with E-state index in [1.807, 2.05) is 60.7 Å². The number of carboxylic acids is 1. The number of benzene rings is 4. The van der Waals surface area contributed by atoms with Gasteiger partial charge in [-0.05, 0) is 65.9 Å². The Morgan fingerprint density at radius 2 is 1.44 bits per heavy atom. The first-order chi connectivity index (χ1) is 24.3. The average Bonchev–Trinajstić information content (AvgIpc) is 3.14. The smallest absolute Gasteiger partial charge is 0.335 e. The fraction of sp³-hybridized carbons (Fsp3) is 0.308. The van der Waals surface area contributed by atoms with E-state index < -0.39 is 12.3 Å². The number of nitrogen functional groups attached to an aromatic ring is 1. The van der Waals surface area contributed by atoms with Crippen molar-refractivity contribution >= 4 is 40.9 Å². The van der Waals surface area contributed by atoms with Gasteiger partial charge in [0.25, 0.3) is 0 Å². The highest BCUT2D eigenvalue weighted by Gasteiger charge is 2.32. The summed E-state index contributed by atoms with van der Waals surface area (Å²) in [6.07, 6.45) is 2.57. The molecule has 1 aliphatic rings. The Morgan fingerprint density at radius 3 is 2.12 bits per heavy atom. The molecule has 0 bridgehead atoms. The predicted octanol–water partition coefficient (Wildman–Crippen LogP) is 7.00. The van der Waals surface area contributed by atoms with Crippen molar-refractivity contribution in [1.29, 1.82) is 0 Å². The Hall–Kier alpha value is -4.68. The molecule has 0 saturated carbocycles. The van der Waals surface area contributed by atoms with Gasteiger partial charge >= 0.3 is 5.97 Å². The Bertz CT molecular complexity index is 1720. The molecule has 0 radical (unpaired) electrons. The summed E-state index contributed by atoms with van der Waals surface area (Å²) < 4.78 is 12.9. The number of nitrogens with one attached hydrogen (secondary N) is 2. The molecule has 0 aromatic heterocycles. The van der Waals surface area contributed by atoms with Crippen molar-refractivity contribution in [3.05, 3.63) is 125 Å². The second kappa shape index (κ2) is 18.4. The molecule has 10 nitrogen and oxygen atoms in total. The van der Waals surface area contributed by atoms with Gasteiger partial charge in [-0.2, -0.15) is 0 Å². The summed E-state index contributed by atoms with van der Waals surface area (Å²) in [4.78, 5) is 36.8. The van der Waals surface area contributed by atoms with Crippen molar-refractivity contribution in [1.82, 2.24) is 5.32 Å². The first-order valence-corrected chi connectivity index (χ1v) is 17.7. The quantitative estimate of drug-likeness (QED) is 0.0472. The second-order valence-corrected chi connectivity index (χ2v) is 13.3. The van der Waals surface area contributed by atoms with Crippen molar-refractivity contribution in [3.63, 3.8) is 0 Å². The van der Waals surface area contributed by atoms with Gasteiger partial charge in [0.2, 0.25) is 11.8 Å². The fourth-order valence-corrected chi connectivity index (χ4v) is 6.48. The van der Waals surface area contributed by atoms with Gasteiger partial charge in [-0.25, -0.2) is 4.79 Å². The number of anilines is 2. The van der Waals surface area contributed by atoms with Crippen LogP contribution in [0.5, 0.6) is 0 Å². The number of hydrogen-bond donors (Lipinski definition) is 5. The lowest BCUT2D eigenvalue weighted by Gasteiger charge is -2.36. The van der Waals surface area contributed by atoms with Gasteiger partial charge in [0.05, 0.1) is 35.8 Å². The number of carbonyl (C=O) groups excluding carboxylic acids is 2. The first-order valence-electron chi connectivity index (χ1n) is 16.7. The molecule has 5 rings (SSSR count). The van der Waals surface area contributed by atoms with Crippen LogP contribution in [0.25, 0.3) is 0 Å². The number of aliphatic hydroxyl groups is 1. The van der Waals surface area contributed by atoms with Crippen LogP contribution in [0.3, 0.4) is 0 Å². The highest BCUT2D eigenvalue weighted by atomic mass is 32.2. The van der Waals surface area contributed by atoms with Crippen molar-refractivity contribution in [2.24, 2.45) is 0 Å². The monoisotopic (exact) mass is 697 g/mol. The van der Waals surface area contributed by atoms with Crippen LogP contribution in [0.1, 0.15) is 83.5 Å². The predicted molar refractivity (Wildman–Crippen MR) is 193 cm³/mol. The molecule has 2 amide bonds. The Morgan fingerprint density at radius 1 is 0.780 bits per heavy atom. The second-order valence-electron chi connectivity index (χ2n) is 12.2. The minimum atomic E-state index is -0.957. The minimum Gasteiger partial charge on any atom is -0.478 e. The zero-order valence-corrected chi connectivity index (χ0v) is 28.6. The van der Waals surface area contributed by atoms with Crippen LogP contribution < -0.4 is 16.4 Å². The summed E-state index contributed by atoms with van der Waals surface area (Å²) in [5.74, 6) is -0.437. The maximum absolute atomic E-state index is 12.5. The van der Waals surface area contributed by atoms with E-state index in [4.69, 9.17) is 15.2 Å². The van der Waals surface area contributed by atoms with Crippen LogP contribution in [0, 0.1) is 0 Å². The number of hydrogen-bond acceptors (Lipinski definition) is 8. The molecule has 0 aliphatic carbocycles. The molecule has 1 fully saturated rings. The number of carbonyl (C=O) groups is 3. The van der Waals surface area contributed by atoms with E-state index in [0.717, 1.165) is 33.6 Å². The number of amides is 2. The molecule has 6 N–H and O–H groups in total. The lowest BCUT2D eigenvalue weighted by atomic mass is 10.0. The standard InChI is InChI=1S/C39H43N3O7S/c40-33-6-4-5-7-34(33)42-37(45)9-3-1-2-8-36(44)41-23-26-10-16-30(17-11-26)39-48-31(25-50-32-20-18-29(19-21-32)38(46)47)22-35(49-39)28-14-12-27(24-43)13-15-28/h4-7,10-21,31,35,39,43H,1-3,8-9,22-25,40H2,(H,41,44)(H,42,45)(H,46,47)/t31-,35+,39+/m1/s1. The van der Waals surface area contributed by atoms with E-state index >= 15 is 0 Å². The highest BCUT2D eigenvalue weighted by Crippen LogP contribution is 2.39. The average molecular weight is 698 g/mol. The van der Waals surface area contributed by atoms with Crippen LogP contribution in [0.4, 0.5) is 11.4 Å². The largest absolute Gasteiger partial charge is 0.478 e. The maximum atomic E-state index is 12.5. The van der Waals surface area contributed by atoms with E-state index in [2.05, 4.69) is 10.6 Å². The number of aliphatic hydroxyl groups excluding tert-OH is 1. The Labute approximate surface area is 296 Å². The summed E-state index contributed by atoms with van der Waals surface area (Å²) in [7, 11) is 0. The summed E-state index contributed by atoms with van der Waals surface area (Å²) >= 11 is 1.60. The van der Waals surface area contributed by atoms with Crippen molar-refractivity contribution in [3.8, 4) is 0 Å². The number of rotatable bonds is 16. The van der Waals surface area contributed by atoms with Crippen LogP contribution in [0.15, 0.2) is 102 Å². The normalized spacial score (nSPS) is 17.2. The third-order valence-corrected chi connectivity index (χ3v) is 9.58. The van der Waals surface area contributed by atoms with Gasteiger partial charge < -0.3 is 36.1 Å². The lowest BCUT2D eigenvalue weighted by molar-refractivity contribution is -0.245. The molecule has 0 unspecified atom stereocenters. The minimum absolute atomic E-state index is 0.0313. The van der Waals surface area contributed by atoms with Crippen molar-refractivity contribution in [2.45, 2.75) is 75.1 Å². The van der Waals surface area contributed by atoms with Crippen molar-refractivity contribution in [2.75, 3.05) is 16.8 Å². The molecule has 4 aromatic rings. The highest BCUT2D eigenvalue weighted by molar-refractivity contribution is 7.99. The molecule has 1 aliphatic heterocycles. The van der Waals surface area contributed by atoms with Gasteiger partial charge in [-0.15, -0.1) is 11.8 Å². The number of unbranched alkanes of at least 4 members (excludes halogenated alkanes) is 2. The van der Waals surface area contributed by atoms with Gasteiger partial charge in [0.1, 0.15) is 0 Å². The molecule has 4 aromatic carbocycles. The molecule has 262 valence electrons. The van der Waals surface area contributed by atoms with E-state index in [-0.39, 0.29) is 36.2 Å². The van der Waals surface area contributed by atoms with Gasteiger partial charge in [-0.1, -0.05) is 67.1 Å². The number of nitrogens with two attached hydrogens (primary N) is 1. The van der Waals surface area contributed by atoms with Crippen molar-refractivity contribution < 1.29 is 34.1 Å². The van der Waals surface area contributed by atoms with Crippen LogP contribution in [-0.4, -0.2) is 39.9 Å². The van der Waals surface area contributed by atoms with E-state index in [0.29, 0.717) is 55.8 Å². The fourth-order valence-electron chi connectivity index (χ4n) is 5.56. The molecule has 50 heavy (non-hydrogen) atoms. The topological polar surface area (TPSA) is 160 Å². The number of carboxylic acid groups (broad SMARTS) is 1. The summed E-state index contributed by atoms with van der Waals surface area (Å²) in [6.45, 7) is 0.364. The molecule has 3 atom stereocenters. The molecule has 1 saturated heterocycles. The summed E-state index contributed by atoms with van der Waals surface area (Å²) in [6, 6.07) is 29.5. The van der Waals surface area contributed by atoms with Crippen LogP contribution in [-0.2, 0) is 32.2 Å². The molecule has 0 spiro atoms.